The number of hydrogen-bond donors (Lipinski definition) is 0. The van der Waals surface area contributed by atoms with Crippen molar-refractivity contribution >= 4 is 17.4 Å². The lowest BCUT2D eigenvalue weighted by Crippen LogP contribution is -2.03. The Kier molecular flexibility index (Phi) is 3.43. The first kappa shape index (κ1) is 12.7. The van der Waals surface area contributed by atoms with Crippen molar-refractivity contribution in [1.29, 1.82) is 0 Å². The maximum Gasteiger partial charge on any atom is 0.193 e. The molecule has 0 saturated carbocycles. The van der Waals surface area contributed by atoms with Gasteiger partial charge in [0.25, 0.3) is 0 Å². The van der Waals surface area contributed by atoms with Gasteiger partial charge in [-0.3, -0.25) is 4.79 Å². The van der Waals surface area contributed by atoms with Gasteiger partial charge in [-0.15, -0.1) is 0 Å². The maximum atomic E-state index is 13.0. The highest BCUT2D eigenvalue weighted by molar-refractivity contribution is 6.31. The van der Waals surface area contributed by atoms with Crippen LogP contribution in [0.25, 0.3) is 0 Å². The van der Waals surface area contributed by atoms with Gasteiger partial charge in [0.05, 0.1) is 0 Å². The lowest BCUT2D eigenvalue weighted by atomic mass is 10.0. The van der Waals surface area contributed by atoms with Crippen LogP contribution in [0.2, 0.25) is 5.02 Å². The van der Waals surface area contributed by atoms with Gasteiger partial charge < -0.3 is 0 Å². The Morgan fingerprint density at radius 2 is 1.61 bits per heavy atom. The number of benzene rings is 2. The highest BCUT2D eigenvalue weighted by atomic mass is 35.5. The molecule has 0 bridgehead atoms. The van der Waals surface area contributed by atoms with E-state index < -0.39 is 17.4 Å². The molecule has 0 aliphatic rings. The number of halogens is 3. The summed E-state index contributed by atoms with van der Waals surface area (Å²) in [7, 11) is 0. The quantitative estimate of drug-likeness (QED) is 0.746. The van der Waals surface area contributed by atoms with Crippen LogP contribution in [-0.2, 0) is 0 Å². The zero-order chi connectivity index (χ0) is 13.3. The van der Waals surface area contributed by atoms with Crippen LogP contribution in [0.5, 0.6) is 0 Å². The summed E-state index contributed by atoms with van der Waals surface area (Å²) in [5.41, 5.74) is 1.10. The molecule has 0 N–H and O–H groups in total. The van der Waals surface area contributed by atoms with E-state index in [1.807, 2.05) is 0 Å². The monoisotopic (exact) mass is 266 g/mol. The molecule has 0 unspecified atom stereocenters. The second kappa shape index (κ2) is 4.86. The number of aryl methyl sites for hydroxylation is 1. The SMILES string of the molecule is Cc1ccc(C(=O)c2cc(F)cc(F)c2)cc1Cl. The predicted octanol–water partition coefficient (Wildman–Crippen LogP) is 4.16. The topological polar surface area (TPSA) is 17.1 Å². The molecule has 92 valence electrons. The summed E-state index contributed by atoms with van der Waals surface area (Å²) in [4.78, 5) is 12.0. The van der Waals surface area contributed by atoms with Crippen LogP contribution in [0.4, 0.5) is 8.78 Å². The van der Waals surface area contributed by atoms with Crippen molar-refractivity contribution in [3.8, 4) is 0 Å². The van der Waals surface area contributed by atoms with Gasteiger partial charge >= 0.3 is 0 Å². The van der Waals surface area contributed by atoms with E-state index in [4.69, 9.17) is 11.6 Å². The van der Waals surface area contributed by atoms with E-state index in [0.29, 0.717) is 10.6 Å². The molecule has 0 amide bonds. The number of ketones is 1. The van der Waals surface area contributed by atoms with E-state index in [-0.39, 0.29) is 5.56 Å². The van der Waals surface area contributed by atoms with Crippen molar-refractivity contribution in [2.45, 2.75) is 6.92 Å². The van der Waals surface area contributed by atoms with Crippen LogP contribution in [0, 0.1) is 18.6 Å². The lowest BCUT2D eigenvalue weighted by molar-refractivity contribution is 0.103. The van der Waals surface area contributed by atoms with Gasteiger partial charge in [-0.1, -0.05) is 23.7 Å². The lowest BCUT2D eigenvalue weighted by Gasteiger charge is -2.04. The van der Waals surface area contributed by atoms with Crippen molar-refractivity contribution in [1.82, 2.24) is 0 Å². The molecule has 0 radical (unpaired) electrons. The molecule has 2 rings (SSSR count). The van der Waals surface area contributed by atoms with Gasteiger partial charge in [-0.25, -0.2) is 8.78 Å². The van der Waals surface area contributed by atoms with Crippen LogP contribution < -0.4 is 0 Å². The summed E-state index contributed by atoms with van der Waals surface area (Å²) in [6.45, 7) is 1.80. The minimum absolute atomic E-state index is 0.0348. The second-order valence-electron chi connectivity index (χ2n) is 3.95. The Labute approximate surface area is 108 Å². The summed E-state index contributed by atoms with van der Waals surface area (Å²) in [5, 5.41) is 0.442. The van der Waals surface area contributed by atoms with E-state index in [2.05, 4.69) is 0 Å². The first-order chi connectivity index (χ1) is 8.47. The fourth-order valence-electron chi connectivity index (χ4n) is 1.59. The fraction of sp³-hybridized carbons (Fsp3) is 0.0714. The standard InChI is InChI=1S/C14H9ClF2O/c1-8-2-3-9(6-13(8)15)14(18)10-4-11(16)7-12(17)5-10/h2-7H,1H3. The Hall–Kier alpha value is -1.74. The predicted molar refractivity (Wildman–Crippen MR) is 66.0 cm³/mol. The molecule has 4 heteroatoms. The minimum Gasteiger partial charge on any atom is -0.289 e. The molecule has 0 spiro atoms. The maximum absolute atomic E-state index is 13.0. The van der Waals surface area contributed by atoms with Gasteiger partial charge in [-0.05, 0) is 30.7 Å². The molecular weight excluding hydrogens is 258 g/mol. The van der Waals surface area contributed by atoms with Crippen molar-refractivity contribution in [2.75, 3.05) is 0 Å². The molecular formula is C14H9ClF2O. The van der Waals surface area contributed by atoms with E-state index in [0.717, 1.165) is 23.8 Å². The zero-order valence-corrected chi connectivity index (χ0v) is 10.3. The summed E-state index contributed by atoms with van der Waals surface area (Å²) in [6.07, 6.45) is 0. The number of carbonyl (C=O) groups excluding carboxylic acids is 1. The van der Waals surface area contributed by atoms with E-state index in [1.165, 1.54) is 6.07 Å². The normalized spacial score (nSPS) is 10.4. The highest BCUT2D eigenvalue weighted by Gasteiger charge is 2.12. The summed E-state index contributed by atoms with van der Waals surface area (Å²) in [6, 6.07) is 7.47. The zero-order valence-electron chi connectivity index (χ0n) is 9.51. The average molecular weight is 267 g/mol. The fourth-order valence-corrected chi connectivity index (χ4v) is 1.77. The van der Waals surface area contributed by atoms with Crippen molar-refractivity contribution in [3.05, 3.63) is 69.7 Å². The number of hydrogen-bond acceptors (Lipinski definition) is 1. The van der Waals surface area contributed by atoms with E-state index in [1.54, 1.807) is 19.1 Å². The van der Waals surface area contributed by atoms with Crippen LogP contribution >= 0.6 is 11.6 Å². The van der Waals surface area contributed by atoms with E-state index >= 15 is 0 Å². The van der Waals surface area contributed by atoms with Gasteiger partial charge in [-0.2, -0.15) is 0 Å². The molecule has 0 heterocycles. The molecule has 0 aliphatic heterocycles. The van der Waals surface area contributed by atoms with Gasteiger partial charge in [0.2, 0.25) is 0 Å². The van der Waals surface area contributed by atoms with Crippen LogP contribution in [0.15, 0.2) is 36.4 Å². The van der Waals surface area contributed by atoms with Gasteiger partial charge in [0, 0.05) is 22.2 Å². The molecule has 18 heavy (non-hydrogen) atoms. The van der Waals surface area contributed by atoms with Crippen molar-refractivity contribution < 1.29 is 13.6 Å². The average Bonchev–Trinajstić information content (AvgIpc) is 2.30. The van der Waals surface area contributed by atoms with E-state index in [9.17, 15) is 13.6 Å². The molecule has 2 aromatic carbocycles. The van der Waals surface area contributed by atoms with Crippen LogP contribution in [0.3, 0.4) is 0 Å². The molecule has 0 fully saturated rings. The summed E-state index contributed by atoms with van der Waals surface area (Å²) < 4.78 is 26.1. The van der Waals surface area contributed by atoms with Crippen molar-refractivity contribution in [2.24, 2.45) is 0 Å². The first-order valence-electron chi connectivity index (χ1n) is 5.24. The summed E-state index contributed by atoms with van der Waals surface area (Å²) in [5.74, 6) is -2.02. The van der Waals surface area contributed by atoms with Crippen LogP contribution in [0.1, 0.15) is 21.5 Å². The smallest absolute Gasteiger partial charge is 0.193 e. The summed E-state index contributed by atoms with van der Waals surface area (Å²) >= 11 is 5.91. The minimum atomic E-state index is -0.781. The van der Waals surface area contributed by atoms with Crippen LogP contribution in [-0.4, -0.2) is 5.78 Å². The Balaban J connectivity index is 2.44. The third kappa shape index (κ3) is 2.57. The Morgan fingerprint density at radius 1 is 1.00 bits per heavy atom. The molecule has 0 aromatic heterocycles. The number of rotatable bonds is 2. The second-order valence-corrected chi connectivity index (χ2v) is 4.36. The third-order valence-corrected chi connectivity index (χ3v) is 2.97. The Morgan fingerprint density at radius 3 is 2.17 bits per heavy atom. The molecule has 0 atom stereocenters. The Bertz CT molecular complexity index is 603. The third-order valence-electron chi connectivity index (χ3n) is 2.56. The number of carbonyl (C=O) groups is 1. The molecule has 0 aliphatic carbocycles. The van der Waals surface area contributed by atoms with Gasteiger partial charge in [0.1, 0.15) is 11.6 Å². The largest absolute Gasteiger partial charge is 0.289 e. The molecule has 2 aromatic rings. The molecule has 1 nitrogen and oxygen atoms in total. The highest BCUT2D eigenvalue weighted by Crippen LogP contribution is 2.20. The first-order valence-corrected chi connectivity index (χ1v) is 5.62. The van der Waals surface area contributed by atoms with Crippen molar-refractivity contribution in [3.63, 3.8) is 0 Å². The molecule has 0 saturated heterocycles. The van der Waals surface area contributed by atoms with Gasteiger partial charge in [0.15, 0.2) is 5.78 Å².